The molecule has 1 atom stereocenters. The summed E-state index contributed by atoms with van der Waals surface area (Å²) in [6, 6.07) is 4.23. The lowest BCUT2D eigenvalue weighted by molar-refractivity contribution is -0.0347. The zero-order valence-electron chi connectivity index (χ0n) is 13.3. The fraction of sp³-hybridized carbons (Fsp3) is 0.500. The number of hydrogen-bond acceptors (Lipinski definition) is 6. The van der Waals surface area contributed by atoms with E-state index in [4.69, 9.17) is 4.74 Å². The Balaban J connectivity index is 1.74. The summed E-state index contributed by atoms with van der Waals surface area (Å²) in [5, 5.41) is 0. The summed E-state index contributed by atoms with van der Waals surface area (Å²) in [5.74, 6) is 0. The SMILES string of the molecule is Cc1cc(N(C)C)cc([C@@H]2CN(Cc3cncs3)CCO2)n1. The first-order valence-corrected chi connectivity index (χ1v) is 8.37. The average Bonchev–Trinajstić information content (AvgIpc) is 3.00. The minimum absolute atomic E-state index is 0.0419. The number of hydrogen-bond donors (Lipinski definition) is 0. The van der Waals surface area contributed by atoms with Crippen molar-refractivity contribution in [2.24, 2.45) is 0 Å². The molecule has 0 unspecified atom stereocenters. The van der Waals surface area contributed by atoms with E-state index in [2.05, 4.69) is 46.0 Å². The quantitative estimate of drug-likeness (QED) is 0.866. The number of aromatic nitrogens is 2. The van der Waals surface area contributed by atoms with Gasteiger partial charge in [-0.1, -0.05) is 0 Å². The largest absolute Gasteiger partial charge is 0.378 e. The van der Waals surface area contributed by atoms with Crippen LogP contribution in [0, 0.1) is 6.92 Å². The fourth-order valence-electron chi connectivity index (χ4n) is 2.66. The first kappa shape index (κ1) is 15.4. The third-order valence-corrected chi connectivity index (χ3v) is 4.58. The molecule has 118 valence electrons. The van der Waals surface area contributed by atoms with Gasteiger partial charge in [0.15, 0.2) is 0 Å². The summed E-state index contributed by atoms with van der Waals surface area (Å²) in [4.78, 5) is 14.7. The van der Waals surface area contributed by atoms with Crippen LogP contribution in [0.4, 0.5) is 5.69 Å². The normalized spacial score (nSPS) is 19.3. The predicted octanol–water partition coefficient (Wildman–Crippen LogP) is 2.49. The minimum Gasteiger partial charge on any atom is -0.378 e. The third kappa shape index (κ3) is 3.63. The molecule has 0 saturated carbocycles. The number of pyridine rings is 1. The van der Waals surface area contributed by atoms with Crippen LogP contribution in [0.1, 0.15) is 22.4 Å². The molecule has 3 heterocycles. The lowest BCUT2D eigenvalue weighted by Crippen LogP contribution is -2.38. The van der Waals surface area contributed by atoms with Gasteiger partial charge in [0.05, 0.1) is 17.8 Å². The molecule has 0 N–H and O–H groups in total. The smallest absolute Gasteiger partial charge is 0.112 e. The van der Waals surface area contributed by atoms with Gasteiger partial charge in [0.1, 0.15) is 6.10 Å². The molecule has 0 aliphatic carbocycles. The van der Waals surface area contributed by atoms with E-state index in [1.54, 1.807) is 11.3 Å². The molecule has 6 heteroatoms. The predicted molar refractivity (Wildman–Crippen MR) is 89.4 cm³/mol. The number of rotatable bonds is 4. The van der Waals surface area contributed by atoms with Gasteiger partial charge in [0.2, 0.25) is 0 Å². The molecule has 2 aromatic rings. The van der Waals surface area contributed by atoms with Crippen molar-refractivity contribution in [3.05, 3.63) is 40.1 Å². The van der Waals surface area contributed by atoms with E-state index in [1.807, 2.05) is 18.6 Å². The van der Waals surface area contributed by atoms with Crippen molar-refractivity contribution in [3.8, 4) is 0 Å². The zero-order valence-corrected chi connectivity index (χ0v) is 14.1. The zero-order chi connectivity index (χ0) is 15.5. The number of thiazole rings is 1. The molecule has 0 bridgehead atoms. The van der Waals surface area contributed by atoms with Crippen LogP contribution in [0.25, 0.3) is 0 Å². The maximum Gasteiger partial charge on any atom is 0.112 e. The summed E-state index contributed by atoms with van der Waals surface area (Å²) in [7, 11) is 4.10. The number of morpholine rings is 1. The van der Waals surface area contributed by atoms with Gasteiger partial charge in [-0.2, -0.15) is 0 Å². The first-order chi connectivity index (χ1) is 10.6. The molecule has 0 radical (unpaired) electrons. The van der Waals surface area contributed by atoms with E-state index >= 15 is 0 Å². The Hall–Kier alpha value is -1.50. The van der Waals surface area contributed by atoms with Crippen molar-refractivity contribution in [1.82, 2.24) is 14.9 Å². The van der Waals surface area contributed by atoms with Crippen LogP contribution >= 0.6 is 11.3 Å². The highest BCUT2D eigenvalue weighted by Gasteiger charge is 2.24. The lowest BCUT2D eigenvalue weighted by Gasteiger charge is -2.32. The second-order valence-corrected chi connectivity index (χ2v) is 6.82. The van der Waals surface area contributed by atoms with Crippen molar-refractivity contribution >= 4 is 17.0 Å². The summed E-state index contributed by atoms with van der Waals surface area (Å²) < 4.78 is 5.97. The Morgan fingerprint density at radius 3 is 3.00 bits per heavy atom. The van der Waals surface area contributed by atoms with Gasteiger partial charge in [-0.3, -0.25) is 14.9 Å². The maximum atomic E-state index is 5.97. The molecular weight excluding hydrogens is 296 g/mol. The maximum absolute atomic E-state index is 5.97. The molecule has 0 spiro atoms. The Morgan fingerprint density at radius 1 is 1.41 bits per heavy atom. The first-order valence-electron chi connectivity index (χ1n) is 7.49. The molecule has 22 heavy (non-hydrogen) atoms. The molecule has 1 aliphatic heterocycles. The van der Waals surface area contributed by atoms with Crippen molar-refractivity contribution in [3.63, 3.8) is 0 Å². The van der Waals surface area contributed by atoms with Gasteiger partial charge in [0.25, 0.3) is 0 Å². The van der Waals surface area contributed by atoms with Gasteiger partial charge in [0, 0.05) is 56.2 Å². The van der Waals surface area contributed by atoms with E-state index in [1.165, 1.54) is 10.6 Å². The molecular formula is C16H22N4OS. The molecule has 0 aromatic carbocycles. The van der Waals surface area contributed by atoms with Crippen LogP contribution in [0.5, 0.6) is 0 Å². The average molecular weight is 318 g/mol. The van der Waals surface area contributed by atoms with Crippen LogP contribution in [0.2, 0.25) is 0 Å². The number of aryl methyl sites for hydroxylation is 1. The Bertz CT molecular complexity index is 615. The summed E-state index contributed by atoms with van der Waals surface area (Å²) in [5.41, 5.74) is 5.12. The number of anilines is 1. The molecule has 0 amide bonds. The van der Waals surface area contributed by atoms with Crippen LogP contribution in [-0.2, 0) is 11.3 Å². The third-order valence-electron chi connectivity index (χ3n) is 3.82. The topological polar surface area (TPSA) is 41.5 Å². The highest BCUT2D eigenvalue weighted by molar-refractivity contribution is 7.09. The van der Waals surface area contributed by atoms with Gasteiger partial charge in [-0.25, -0.2) is 0 Å². The number of ether oxygens (including phenoxy) is 1. The summed E-state index contributed by atoms with van der Waals surface area (Å²) in [6.07, 6.45) is 1.99. The van der Waals surface area contributed by atoms with E-state index in [0.29, 0.717) is 0 Å². The van der Waals surface area contributed by atoms with Crippen LogP contribution in [0.3, 0.4) is 0 Å². The summed E-state index contributed by atoms with van der Waals surface area (Å²) >= 11 is 1.71. The van der Waals surface area contributed by atoms with Gasteiger partial charge >= 0.3 is 0 Å². The number of nitrogens with zero attached hydrogens (tertiary/aromatic N) is 4. The van der Waals surface area contributed by atoms with Crippen LogP contribution < -0.4 is 4.90 Å². The van der Waals surface area contributed by atoms with E-state index in [-0.39, 0.29) is 6.10 Å². The lowest BCUT2D eigenvalue weighted by atomic mass is 10.1. The summed E-state index contributed by atoms with van der Waals surface area (Å²) in [6.45, 7) is 5.56. The Kier molecular flexibility index (Phi) is 4.71. The van der Waals surface area contributed by atoms with Crippen molar-refractivity contribution in [1.29, 1.82) is 0 Å². The van der Waals surface area contributed by atoms with Crippen molar-refractivity contribution < 1.29 is 4.74 Å². The van der Waals surface area contributed by atoms with E-state index < -0.39 is 0 Å². The van der Waals surface area contributed by atoms with Crippen molar-refractivity contribution in [2.75, 3.05) is 38.7 Å². The highest BCUT2D eigenvalue weighted by atomic mass is 32.1. The highest BCUT2D eigenvalue weighted by Crippen LogP contribution is 2.25. The Labute approximate surface area is 135 Å². The van der Waals surface area contributed by atoms with Crippen molar-refractivity contribution in [2.45, 2.75) is 19.6 Å². The molecule has 1 fully saturated rings. The molecule has 2 aromatic heterocycles. The van der Waals surface area contributed by atoms with E-state index in [0.717, 1.165) is 37.6 Å². The molecule has 5 nitrogen and oxygen atoms in total. The minimum atomic E-state index is 0.0419. The van der Waals surface area contributed by atoms with Crippen LogP contribution in [0.15, 0.2) is 23.8 Å². The monoisotopic (exact) mass is 318 g/mol. The molecule has 1 saturated heterocycles. The second kappa shape index (κ2) is 6.73. The fourth-order valence-corrected chi connectivity index (χ4v) is 3.30. The van der Waals surface area contributed by atoms with E-state index in [9.17, 15) is 0 Å². The molecule has 3 rings (SSSR count). The standard InChI is InChI=1S/C16H22N4OS/c1-12-6-13(19(2)3)7-15(18-12)16-10-20(4-5-21-16)9-14-8-17-11-22-14/h6-8,11,16H,4-5,9-10H2,1-3H3/t16-/m0/s1. The van der Waals surface area contributed by atoms with Gasteiger partial charge in [-0.15, -0.1) is 11.3 Å². The van der Waals surface area contributed by atoms with Crippen LogP contribution in [-0.4, -0.2) is 48.7 Å². The van der Waals surface area contributed by atoms with Gasteiger partial charge in [-0.05, 0) is 19.1 Å². The van der Waals surface area contributed by atoms with Gasteiger partial charge < -0.3 is 9.64 Å². The molecule has 1 aliphatic rings. The second-order valence-electron chi connectivity index (χ2n) is 5.85. The Morgan fingerprint density at radius 2 is 2.27 bits per heavy atom.